The molecule has 0 aliphatic carbocycles. The van der Waals surface area contributed by atoms with E-state index in [-0.39, 0.29) is 0 Å². The summed E-state index contributed by atoms with van der Waals surface area (Å²) >= 11 is 1.29. The summed E-state index contributed by atoms with van der Waals surface area (Å²) in [4.78, 5) is 7.93. The van der Waals surface area contributed by atoms with Crippen LogP contribution in [0.2, 0.25) is 0 Å². The van der Waals surface area contributed by atoms with Crippen molar-refractivity contribution >= 4 is 16.5 Å². The number of aromatic nitrogens is 1. The van der Waals surface area contributed by atoms with Crippen molar-refractivity contribution in [1.29, 1.82) is 0 Å². The zero-order chi connectivity index (χ0) is 5.98. The van der Waals surface area contributed by atoms with E-state index in [0.29, 0.717) is 11.0 Å². The van der Waals surface area contributed by atoms with Gasteiger partial charge in [-0.2, -0.15) is 10.9 Å². The molecule has 44 valence electrons. The van der Waals surface area contributed by atoms with E-state index in [0.717, 1.165) is 0 Å². The van der Waals surface area contributed by atoms with Crippen molar-refractivity contribution < 1.29 is 4.84 Å². The Labute approximate surface area is 50.0 Å². The summed E-state index contributed by atoms with van der Waals surface area (Å²) < 4.78 is 0. The molecule has 0 aliphatic heterocycles. The highest BCUT2D eigenvalue weighted by molar-refractivity contribution is 7.13. The first-order chi connectivity index (χ1) is 3.83. The Morgan fingerprint density at radius 3 is 2.75 bits per heavy atom. The number of anilines is 1. The molecule has 0 atom stereocenters. The average Bonchev–Trinajstić information content (AvgIpc) is 2.14. The van der Waals surface area contributed by atoms with Crippen molar-refractivity contribution in [2.75, 3.05) is 5.73 Å². The van der Waals surface area contributed by atoms with E-state index in [4.69, 9.17) is 11.6 Å². The molecule has 1 aromatic heterocycles. The van der Waals surface area contributed by atoms with Crippen molar-refractivity contribution in [2.45, 2.75) is 0 Å². The van der Waals surface area contributed by atoms with Gasteiger partial charge in [0.15, 0.2) is 5.13 Å². The monoisotopic (exact) mass is 131 g/mol. The van der Waals surface area contributed by atoms with Gasteiger partial charge in [-0.1, -0.05) is 0 Å². The molecule has 5 heteroatoms. The van der Waals surface area contributed by atoms with Crippen LogP contribution in [0.1, 0.15) is 0 Å². The standard InChI is InChI=1S/C3H5N3OS/c4-3-6-2(7-5)1-8-3/h1H,5H2,(H2,4,6). The zero-order valence-corrected chi connectivity index (χ0v) is 4.81. The molecule has 0 unspecified atom stereocenters. The summed E-state index contributed by atoms with van der Waals surface area (Å²) in [6.45, 7) is 0. The van der Waals surface area contributed by atoms with Crippen LogP contribution in [0.25, 0.3) is 0 Å². The van der Waals surface area contributed by atoms with E-state index in [9.17, 15) is 0 Å². The lowest BCUT2D eigenvalue weighted by Gasteiger charge is -1.84. The number of nitrogens with two attached hydrogens (primary N) is 2. The van der Waals surface area contributed by atoms with Crippen LogP contribution in [0, 0.1) is 0 Å². The Balaban J connectivity index is 2.84. The van der Waals surface area contributed by atoms with Gasteiger partial charge in [0.25, 0.3) is 0 Å². The predicted molar refractivity (Wildman–Crippen MR) is 31.3 cm³/mol. The zero-order valence-electron chi connectivity index (χ0n) is 4.00. The number of hydrogen-bond acceptors (Lipinski definition) is 5. The van der Waals surface area contributed by atoms with E-state index in [1.165, 1.54) is 11.3 Å². The van der Waals surface area contributed by atoms with Crippen LogP contribution in [0.3, 0.4) is 0 Å². The molecule has 1 rings (SSSR count). The molecule has 0 amide bonds. The molecular weight excluding hydrogens is 126 g/mol. The van der Waals surface area contributed by atoms with Crippen molar-refractivity contribution in [3.8, 4) is 5.88 Å². The van der Waals surface area contributed by atoms with Crippen LogP contribution in [0.4, 0.5) is 5.13 Å². The minimum atomic E-state index is 0.368. The third-order valence-electron chi connectivity index (χ3n) is 0.622. The first-order valence-electron chi connectivity index (χ1n) is 1.90. The van der Waals surface area contributed by atoms with Crippen LogP contribution in [0.15, 0.2) is 5.38 Å². The third-order valence-corrected chi connectivity index (χ3v) is 1.27. The number of thiazole rings is 1. The average molecular weight is 131 g/mol. The maximum Gasteiger partial charge on any atom is 0.250 e. The molecule has 0 aliphatic rings. The van der Waals surface area contributed by atoms with E-state index in [1.807, 2.05) is 0 Å². The number of nitrogen functional groups attached to an aromatic ring is 1. The SMILES string of the molecule is NOc1csc(N)n1. The lowest BCUT2D eigenvalue weighted by Crippen LogP contribution is -2.01. The van der Waals surface area contributed by atoms with Gasteiger partial charge in [0, 0.05) is 0 Å². The largest absolute Gasteiger partial charge is 0.390 e. The summed E-state index contributed by atoms with van der Waals surface area (Å²) in [7, 11) is 0. The first kappa shape index (κ1) is 5.33. The molecule has 4 N–H and O–H groups in total. The normalized spacial score (nSPS) is 9.12. The van der Waals surface area contributed by atoms with Crippen LogP contribution in [-0.2, 0) is 0 Å². The summed E-state index contributed by atoms with van der Waals surface area (Å²) in [6, 6.07) is 0. The summed E-state index contributed by atoms with van der Waals surface area (Å²) in [5, 5.41) is 2.10. The van der Waals surface area contributed by atoms with E-state index < -0.39 is 0 Å². The molecular formula is C3H5N3OS. The fraction of sp³-hybridized carbons (Fsp3) is 0. The summed E-state index contributed by atoms with van der Waals surface area (Å²) in [6.07, 6.45) is 0. The highest BCUT2D eigenvalue weighted by Gasteiger charge is 1.94. The molecule has 0 radical (unpaired) electrons. The smallest absolute Gasteiger partial charge is 0.250 e. The van der Waals surface area contributed by atoms with Gasteiger partial charge < -0.3 is 10.6 Å². The van der Waals surface area contributed by atoms with Crippen LogP contribution >= 0.6 is 11.3 Å². The quantitative estimate of drug-likeness (QED) is 0.525. The Bertz CT molecular complexity index is 175. The van der Waals surface area contributed by atoms with E-state index >= 15 is 0 Å². The Morgan fingerprint density at radius 1 is 1.75 bits per heavy atom. The minimum absolute atomic E-state index is 0.368. The third kappa shape index (κ3) is 0.877. The van der Waals surface area contributed by atoms with Gasteiger partial charge in [0.1, 0.15) is 0 Å². The minimum Gasteiger partial charge on any atom is -0.390 e. The molecule has 0 bridgehead atoms. The van der Waals surface area contributed by atoms with Crippen LogP contribution in [0.5, 0.6) is 5.88 Å². The molecule has 1 heterocycles. The lowest BCUT2D eigenvalue weighted by molar-refractivity contribution is 0.323. The van der Waals surface area contributed by atoms with Gasteiger partial charge in [-0.15, -0.1) is 11.3 Å². The van der Waals surface area contributed by atoms with E-state index in [1.54, 1.807) is 5.38 Å². The van der Waals surface area contributed by atoms with Crippen LogP contribution in [-0.4, -0.2) is 4.98 Å². The highest BCUT2D eigenvalue weighted by atomic mass is 32.1. The molecule has 0 fully saturated rings. The summed E-state index contributed by atoms with van der Waals surface area (Å²) in [5.41, 5.74) is 5.23. The lowest BCUT2D eigenvalue weighted by atomic mass is 10.9. The number of rotatable bonds is 1. The number of hydrogen-bond donors (Lipinski definition) is 2. The second-order valence-corrected chi connectivity index (χ2v) is 2.03. The second kappa shape index (κ2) is 1.97. The molecule has 0 saturated heterocycles. The topological polar surface area (TPSA) is 74.2 Å². The second-order valence-electron chi connectivity index (χ2n) is 1.14. The van der Waals surface area contributed by atoms with Crippen molar-refractivity contribution in [1.82, 2.24) is 4.98 Å². The van der Waals surface area contributed by atoms with Gasteiger partial charge in [-0.25, -0.2) is 0 Å². The van der Waals surface area contributed by atoms with Gasteiger partial charge in [-0.05, 0) is 0 Å². The van der Waals surface area contributed by atoms with Crippen LogP contribution < -0.4 is 16.5 Å². The summed E-state index contributed by atoms with van der Waals surface area (Å²) in [5.74, 6) is 5.12. The van der Waals surface area contributed by atoms with Gasteiger partial charge >= 0.3 is 0 Å². The van der Waals surface area contributed by atoms with Crippen molar-refractivity contribution in [3.63, 3.8) is 0 Å². The fourth-order valence-corrected chi connectivity index (χ4v) is 0.799. The maximum absolute atomic E-state index is 5.23. The van der Waals surface area contributed by atoms with Crippen molar-refractivity contribution in [2.24, 2.45) is 5.90 Å². The molecule has 8 heavy (non-hydrogen) atoms. The molecule has 1 aromatic rings. The van der Waals surface area contributed by atoms with E-state index in [2.05, 4.69) is 9.82 Å². The fourth-order valence-electron chi connectivity index (χ4n) is 0.326. The maximum atomic E-state index is 5.23. The number of nitrogens with zero attached hydrogens (tertiary/aromatic N) is 1. The molecule has 4 nitrogen and oxygen atoms in total. The Kier molecular flexibility index (Phi) is 1.32. The highest BCUT2D eigenvalue weighted by Crippen LogP contribution is 2.15. The Morgan fingerprint density at radius 2 is 2.50 bits per heavy atom. The van der Waals surface area contributed by atoms with Gasteiger partial charge in [0.2, 0.25) is 5.88 Å². The Hall–Kier alpha value is -0.810. The molecule has 0 spiro atoms. The van der Waals surface area contributed by atoms with Crippen molar-refractivity contribution in [3.05, 3.63) is 5.38 Å². The van der Waals surface area contributed by atoms with Gasteiger partial charge in [-0.3, -0.25) is 0 Å². The molecule has 0 aromatic carbocycles. The molecule has 0 saturated carbocycles. The first-order valence-corrected chi connectivity index (χ1v) is 2.78. The predicted octanol–water partition coefficient (Wildman–Crippen LogP) is -0.0222. The van der Waals surface area contributed by atoms with Gasteiger partial charge in [0.05, 0.1) is 5.38 Å².